The highest BCUT2D eigenvalue weighted by Gasteiger charge is 2.03. The predicted molar refractivity (Wildman–Crippen MR) is 68.9 cm³/mol. The zero-order valence-electron chi connectivity index (χ0n) is 9.94. The summed E-state index contributed by atoms with van der Waals surface area (Å²) in [5.74, 6) is 0.657. The molecule has 0 aliphatic heterocycles. The highest BCUT2D eigenvalue weighted by Crippen LogP contribution is 2.13. The van der Waals surface area contributed by atoms with Gasteiger partial charge in [-0.05, 0) is 12.8 Å². The lowest BCUT2D eigenvalue weighted by molar-refractivity contribution is 0.772. The first kappa shape index (κ1) is 11.6. The first-order valence-electron chi connectivity index (χ1n) is 5.95. The minimum absolute atomic E-state index is 0.0787. The summed E-state index contributed by atoms with van der Waals surface area (Å²) in [5.41, 5.74) is 1.74. The van der Waals surface area contributed by atoms with Gasteiger partial charge in [-0.15, -0.1) is 0 Å². The lowest BCUT2D eigenvalue weighted by Crippen LogP contribution is -2.10. The van der Waals surface area contributed by atoms with Crippen molar-refractivity contribution < 1.29 is 0 Å². The normalized spacial score (nSPS) is 10.4. The molecule has 0 amide bonds. The van der Waals surface area contributed by atoms with Gasteiger partial charge in [0.1, 0.15) is 5.82 Å². The SMILES string of the molecule is CCCCc1cc(=O)[nH]c(-c2ccccc2)n1. The van der Waals surface area contributed by atoms with Crippen molar-refractivity contribution in [3.8, 4) is 11.4 Å². The Bertz CT molecular complexity index is 531. The molecule has 0 atom stereocenters. The van der Waals surface area contributed by atoms with Crippen molar-refractivity contribution in [1.82, 2.24) is 9.97 Å². The highest BCUT2D eigenvalue weighted by atomic mass is 16.1. The first-order valence-corrected chi connectivity index (χ1v) is 5.95. The van der Waals surface area contributed by atoms with Crippen LogP contribution in [0.5, 0.6) is 0 Å². The van der Waals surface area contributed by atoms with Crippen LogP contribution in [0.15, 0.2) is 41.2 Å². The second-order valence-electron chi connectivity index (χ2n) is 4.05. The van der Waals surface area contributed by atoms with Gasteiger partial charge in [0.25, 0.3) is 5.56 Å². The van der Waals surface area contributed by atoms with Crippen molar-refractivity contribution >= 4 is 0 Å². The smallest absolute Gasteiger partial charge is 0.251 e. The van der Waals surface area contributed by atoms with Gasteiger partial charge in [0.2, 0.25) is 0 Å². The van der Waals surface area contributed by atoms with E-state index in [2.05, 4.69) is 16.9 Å². The molecule has 3 nitrogen and oxygen atoms in total. The van der Waals surface area contributed by atoms with Gasteiger partial charge in [-0.1, -0.05) is 43.7 Å². The third-order valence-electron chi connectivity index (χ3n) is 2.63. The molecular formula is C14H16N2O. The van der Waals surface area contributed by atoms with Crippen LogP contribution >= 0.6 is 0 Å². The van der Waals surface area contributed by atoms with E-state index < -0.39 is 0 Å². The van der Waals surface area contributed by atoms with Crippen LogP contribution in [0.25, 0.3) is 11.4 Å². The Hall–Kier alpha value is -1.90. The minimum Gasteiger partial charge on any atom is -0.307 e. The standard InChI is InChI=1S/C14H16N2O/c1-2-3-9-12-10-13(17)16-14(15-12)11-7-5-4-6-8-11/h4-8,10H,2-3,9H2,1H3,(H,15,16,17). The van der Waals surface area contributed by atoms with Crippen LogP contribution in [0.1, 0.15) is 25.5 Å². The molecule has 0 saturated carbocycles. The van der Waals surface area contributed by atoms with Gasteiger partial charge in [-0.25, -0.2) is 4.98 Å². The maximum absolute atomic E-state index is 11.6. The molecule has 0 aliphatic carbocycles. The van der Waals surface area contributed by atoms with Crippen LogP contribution in [0.2, 0.25) is 0 Å². The van der Waals surface area contributed by atoms with Crippen LogP contribution in [0.3, 0.4) is 0 Å². The number of aromatic amines is 1. The second kappa shape index (κ2) is 5.43. The van der Waals surface area contributed by atoms with E-state index in [0.717, 1.165) is 30.5 Å². The maximum atomic E-state index is 11.6. The Kier molecular flexibility index (Phi) is 3.70. The fourth-order valence-corrected chi connectivity index (χ4v) is 1.73. The molecule has 3 heteroatoms. The number of nitrogens with one attached hydrogen (secondary N) is 1. The number of hydrogen-bond donors (Lipinski definition) is 1. The number of benzene rings is 1. The number of unbranched alkanes of at least 4 members (excludes halogenated alkanes) is 1. The molecule has 17 heavy (non-hydrogen) atoms. The molecule has 0 unspecified atom stereocenters. The van der Waals surface area contributed by atoms with Gasteiger partial charge < -0.3 is 4.98 Å². The van der Waals surface area contributed by atoms with Gasteiger partial charge >= 0.3 is 0 Å². The quantitative estimate of drug-likeness (QED) is 0.874. The lowest BCUT2D eigenvalue weighted by atomic mass is 10.2. The van der Waals surface area contributed by atoms with Crippen molar-refractivity contribution in [1.29, 1.82) is 0 Å². The Labute approximate surface area is 101 Å². The van der Waals surface area contributed by atoms with E-state index in [4.69, 9.17) is 0 Å². The van der Waals surface area contributed by atoms with Gasteiger partial charge in [0, 0.05) is 17.3 Å². The summed E-state index contributed by atoms with van der Waals surface area (Å²) in [6.45, 7) is 2.13. The molecule has 1 aromatic carbocycles. The molecule has 2 rings (SSSR count). The van der Waals surface area contributed by atoms with E-state index in [1.807, 2.05) is 30.3 Å². The maximum Gasteiger partial charge on any atom is 0.251 e. The number of hydrogen-bond acceptors (Lipinski definition) is 2. The fraction of sp³-hybridized carbons (Fsp3) is 0.286. The molecule has 88 valence electrons. The van der Waals surface area contributed by atoms with E-state index >= 15 is 0 Å². The van der Waals surface area contributed by atoms with Crippen molar-refractivity contribution in [2.45, 2.75) is 26.2 Å². The average Bonchev–Trinajstić information content (AvgIpc) is 2.37. The Balaban J connectivity index is 2.35. The van der Waals surface area contributed by atoms with Crippen molar-refractivity contribution in [2.75, 3.05) is 0 Å². The Morgan fingerprint density at radius 2 is 2.00 bits per heavy atom. The summed E-state index contributed by atoms with van der Waals surface area (Å²) < 4.78 is 0. The largest absolute Gasteiger partial charge is 0.307 e. The highest BCUT2D eigenvalue weighted by molar-refractivity contribution is 5.54. The summed E-state index contributed by atoms with van der Waals surface area (Å²) in [4.78, 5) is 18.8. The summed E-state index contributed by atoms with van der Waals surface area (Å²) >= 11 is 0. The molecular weight excluding hydrogens is 212 g/mol. The molecule has 0 bridgehead atoms. The Morgan fingerprint density at radius 1 is 1.24 bits per heavy atom. The zero-order valence-corrected chi connectivity index (χ0v) is 9.94. The van der Waals surface area contributed by atoms with E-state index in [0.29, 0.717) is 5.82 Å². The van der Waals surface area contributed by atoms with Crippen LogP contribution in [-0.2, 0) is 6.42 Å². The number of aryl methyl sites for hydroxylation is 1. The third kappa shape index (κ3) is 3.03. The van der Waals surface area contributed by atoms with Gasteiger partial charge in [0.15, 0.2) is 0 Å². The van der Waals surface area contributed by atoms with E-state index in [-0.39, 0.29) is 5.56 Å². The molecule has 1 heterocycles. The summed E-state index contributed by atoms with van der Waals surface area (Å²) in [6.07, 6.45) is 3.03. The molecule has 1 aromatic heterocycles. The number of nitrogens with zero attached hydrogens (tertiary/aromatic N) is 1. The molecule has 0 spiro atoms. The zero-order chi connectivity index (χ0) is 12.1. The first-order chi connectivity index (χ1) is 8.29. The van der Waals surface area contributed by atoms with E-state index in [1.54, 1.807) is 6.07 Å². The van der Waals surface area contributed by atoms with E-state index in [9.17, 15) is 4.79 Å². The van der Waals surface area contributed by atoms with Crippen molar-refractivity contribution in [3.63, 3.8) is 0 Å². The minimum atomic E-state index is -0.0787. The molecule has 0 saturated heterocycles. The van der Waals surface area contributed by atoms with Gasteiger partial charge in [-0.2, -0.15) is 0 Å². The number of H-pyrrole nitrogens is 1. The van der Waals surface area contributed by atoms with Crippen LogP contribution in [0, 0.1) is 0 Å². The van der Waals surface area contributed by atoms with Crippen LogP contribution in [-0.4, -0.2) is 9.97 Å². The average molecular weight is 228 g/mol. The molecule has 0 fully saturated rings. The number of aromatic nitrogens is 2. The topological polar surface area (TPSA) is 45.8 Å². The molecule has 0 radical (unpaired) electrons. The summed E-state index contributed by atoms with van der Waals surface area (Å²) in [6, 6.07) is 11.3. The van der Waals surface area contributed by atoms with Crippen molar-refractivity contribution in [2.24, 2.45) is 0 Å². The van der Waals surface area contributed by atoms with Gasteiger partial charge in [-0.3, -0.25) is 4.79 Å². The number of rotatable bonds is 4. The van der Waals surface area contributed by atoms with Crippen LogP contribution < -0.4 is 5.56 Å². The molecule has 2 aromatic rings. The van der Waals surface area contributed by atoms with E-state index in [1.165, 1.54) is 0 Å². The molecule has 0 aliphatic rings. The summed E-state index contributed by atoms with van der Waals surface area (Å²) in [5, 5.41) is 0. The fourth-order valence-electron chi connectivity index (χ4n) is 1.73. The monoisotopic (exact) mass is 228 g/mol. The second-order valence-corrected chi connectivity index (χ2v) is 4.05. The van der Waals surface area contributed by atoms with Crippen molar-refractivity contribution in [3.05, 3.63) is 52.4 Å². The Morgan fingerprint density at radius 3 is 2.71 bits per heavy atom. The summed E-state index contributed by atoms with van der Waals surface area (Å²) in [7, 11) is 0. The lowest BCUT2D eigenvalue weighted by Gasteiger charge is -2.03. The van der Waals surface area contributed by atoms with Gasteiger partial charge in [0.05, 0.1) is 0 Å². The predicted octanol–water partition coefficient (Wildman–Crippen LogP) is 2.78. The molecule has 1 N–H and O–H groups in total. The third-order valence-corrected chi connectivity index (χ3v) is 2.63. The van der Waals surface area contributed by atoms with Crippen LogP contribution in [0.4, 0.5) is 0 Å².